The fourth-order valence-corrected chi connectivity index (χ4v) is 1.86. The zero-order valence-corrected chi connectivity index (χ0v) is 11.6. The van der Waals surface area contributed by atoms with E-state index in [9.17, 15) is 9.18 Å². The standard InChI is InChI=1S/C14H9Cl2FO3/c15-10-3-1-8(5-11(10)16)7-20-13-4-2-9(14(18)19)6-12(13)17/h1-6H,7H2,(H,18,19). The SMILES string of the molecule is O=C(O)c1ccc(OCc2ccc(Cl)c(Cl)c2)c(F)c1. The largest absolute Gasteiger partial charge is 0.486 e. The van der Waals surface area contributed by atoms with Crippen molar-refractivity contribution >= 4 is 29.2 Å². The van der Waals surface area contributed by atoms with Crippen molar-refractivity contribution in [3.05, 3.63) is 63.4 Å². The quantitative estimate of drug-likeness (QED) is 0.909. The number of aromatic carboxylic acids is 1. The van der Waals surface area contributed by atoms with Crippen LogP contribution in [0.1, 0.15) is 15.9 Å². The van der Waals surface area contributed by atoms with Gasteiger partial charge in [-0.2, -0.15) is 0 Å². The van der Waals surface area contributed by atoms with Crippen molar-refractivity contribution in [3.63, 3.8) is 0 Å². The van der Waals surface area contributed by atoms with Crippen LogP contribution in [0.15, 0.2) is 36.4 Å². The van der Waals surface area contributed by atoms with Crippen molar-refractivity contribution in [2.24, 2.45) is 0 Å². The first kappa shape index (κ1) is 14.6. The first-order chi connectivity index (χ1) is 9.47. The zero-order valence-electron chi connectivity index (χ0n) is 10.1. The highest BCUT2D eigenvalue weighted by Crippen LogP contribution is 2.24. The third-order valence-corrected chi connectivity index (χ3v) is 3.30. The fourth-order valence-electron chi connectivity index (χ4n) is 1.54. The molecule has 0 radical (unpaired) electrons. The van der Waals surface area contributed by atoms with Crippen LogP contribution in [0, 0.1) is 5.82 Å². The number of ether oxygens (including phenoxy) is 1. The second-order valence-corrected chi connectivity index (χ2v) is 4.80. The maximum absolute atomic E-state index is 13.6. The second-order valence-electron chi connectivity index (χ2n) is 3.99. The molecule has 2 aromatic rings. The third-order valence-electron chi connectivity index (χ3n) is 2.56. The van der Waals surface area contributed by atoms with Gasteiger partial charge in [-0.25, -0.2) is 9.18 Å². The molecule has 0 amide bonds. The number of hydrogen-bond acceptors (Lipinski definition) is 2. The molecular formula is C14H9Cl2FO3. The average Bonchev–Trinajstić information content (AvgIpc) is 2.41. The average molecular weight is 315 g/mol. The van der Waals surface area contributed by atoms with Crippen molar-refractivity contribution in [2.45, 2.75) is 6.61 Å². The Morgan fingerprint density at radius 1 is 1.15 bits per heavy atom. The van der Waals surface area contributed by atoms with Crippen LogP contribution < -0.4 is 4.74 Å². The third kappa shape index (κ3) is 3.40. The van der Waals surface area contributed by atoms with Crippen molar-refractivity contribution in [2.75, 3.05) is 0 Å². The molecular weight excluding hydrogens is 306 g/mol. The van der Waals surface area contributed by atoms with Crippen molar-refractivity contribution in [1.29, 1.82) is 0 Å². The summed E-state index contributed by atoms with van der Waals surface area (Å²) in [5.41, 5.74) is 0.588. The monoisotopic (exact) mass is 314 g/mol. The molecule has 20 heavy (non-hydrogen) atoms. The van der Waals surface area contributed by atoms with Crippen molar-refractivity contribution in [1.82, 2.24) is 0 Å². The van der Waals surface area contributed by atoms with Gasteiger partial charge in [0.25, 0.3) is 0 Å². The van der Waals surface area contributed by atoms with Crippen LogP contribution in [0.3, 0.4) is 0 Å². The molecule has 0 aliphatic carbocycles. The Bertz CT molecular complexity index is 659. The maximum Gasteiger partial charge on any atom is 0.335 e. The van der Waals surface area contributed by atoms with Gasteiger partial charge in [-0.3, -0.25) is 0 Å². The summed E-state index contributed by atoms with van der Waals surface area (Å²) in [5, 5.41) is 9.54. The minimum atomic E-state index is -1.19. The van der Waals surface area contributed by atoms with E-state index in [0.29, 0.717) is 10.0 Å². The lowest BCUT2D eigenvalue weighted by molar-refractivity contribution is 0.0696. The molecule has 0 fully saturated rings. The molecule has 0 aromatic heterocycles. The lowest BCUT2D eigenvalue weighted by atomic mass is 10.2. The topological polar surface area (TPSA) is 46.5 Å². The van der Waals surface area contributed by atoms with Crippen LogP contribution in [-0.4, -0.2) is 11.1 Å². The van der Waals surface area contributed by atoms with E-state index in [1.165, 1.54) is 12.1 Å². The number of carboxylic acid groups (broad SMARTS) is 1. The first-order valence-electron chi connectivity index (χ1n) is 5.57. The van der Waals surface area contributed by atoms with E-state index in [2.05, 4.69) is 0 Å². The van der Waals surface area contributed by atoms with Gasteiger partial charge in [-0.15, -0.1) is 0 Å². The zero-order chi connectivity index (χ0) is 14.7. The Morgan fingerprint density at radius 2 is 1.90 bits per heavy atom. The minimum absolute atomic E-state index is 0.0268. The van der Waals surface area contributed by atoms with Gasteiger partial charge in [0.2, 0.25) is 0 Å². The highest BCUT2D eigenvalue weighted by Gasteiger charge is 2.09. The number of rotatable bonds is 4. The van der Waals surface area contributed by atoms with Gasteiger partial charge < -0.3 is 9.84 Å². The fraction of sp³-hybridized carbons (Fsp3) is 0.0714. The molecule has 2 aromatic carbocycles. The smallest absolute Gasteiger partial charge is 0.335 e. The molecule has 3 nitrogen and oxygen atoms in total. The predicted octanol–water partition coefficient (Wildman–Crippen LogP) is 4.41. The van der Waals surface area contributed by atoms with E-state index in [-0.39, 0.29) is 17.9 Å². The Hall–Kier alpha value is -1.78. The summed E-state index contributed by atoms with van der Waals surface area (Å²) in [4.78, 5) is 10.7. The normalized spacial score (nSPS) is 10.3. The van der Waals surface area contributed by atoms with Gasteiger partial charge in [-0.1, -0.05) is 29.3 Å². The molecule has 0 saturated carbocycles. The number of benzene rings is 2. The molecule has 0 spiro atoms. The lowest BCUT2D eigenvalue weighted by Crippen LogP contribution is -2.01. The molecule has 2 rings (SSSR count). The van der Waals surface area contributed by atoms with E-state index < -0.39 is 11.8 Å². The van der Waals surface area contributed by atoms with Gasteiger partial charge in [-0.05, 0) is 35.9 Å². The van der Waals surface area contributed by atoms with Gasteiger partial charge >= 0.3 is 5.97 Å². The minimum Gasteiger partial charge on any atom is -0.486 e. The van der Waals surface area contributed by atoms with Crippen LogP contribution >= 0.6 is 23.2 Å². The summed E-state index contributed by atoms with van der Waals surface area (Å²) in [5.74, 6) is -1.95. The van der Waals surface area contributed by atoms with Crippen LogP contribution in [-0.2, 0) is 6.61 Å². The van der Waals surface area contributed by atoms with Gasteiger partial charge in [0.15, 0.2) is 11.6 Å². The summed E-state index contributed by atoms with van der Waals surface area (Å²) in [6.07, 6.45) is 0. The number of hydrogen-bond donors (Lipinski definition) is 1. The van der Waals surface area contributed by atoms with Crippen LogP contribution in [0.25, 0.3) is 0 Å². The van der Waals surface area contributed by atoms with E-state index >= 15 is 0 Å². The highest BCUT2D eigenvalue weighted by atomic mass is 35.5. The number of halogens is 3. The van der Waals surface area contributed by atoms with Crippen molar-refractivity contribution < 1.29 is 19.0 Å². The van der Waals surface area contributed by atoms with Gasteiger partial charge in [0, 0.05) is 0 Å². The molecule has 0 saturated heterocycles. The summed E-state index contributed by atoms with van der Waals surface area (Å²) < 4.78 is 18.9. The van der Waals surface area contributed by atoms with Gasteiger partial charge in [0.05, 0.1) is 15.6 Å². The Labute approximate surface area is 124 Å². The van der Waals surface area contributed by atoms with E-state index in [1.54, 1.807) is 18.2 Å². The van der Waals surface area contributed by atoms with E-state index in [1.807, 2.05) is 0 Å². The maximum atomic E-state index is 13.6. The summed E-state index contributed by atoms with van der Waals surface area (Å²) in [6.45, 7) is 0.0974. The lowest BCUT2D eigenvalue weighted by Gasteiger charge is -2.08. The summed E-state index contributed by atoms with van der Waals surface area (Å²) in [7, 11) is 0. The Morgan fingerprint density at radius 3 is 2.50 bits per heavy atom. The van der Waals surface area contributed by atoms with Crippen LogP contribution in [0.5, 0.6) is 5.75 Å². The second kappa shape index (κ2) is 6.11. The van der Waals surface area contributed by atoms with Crippen LogP contribution in [0.4, 0.5) is 4.39 Å². The van der Waals surface area contributed by atoms with Gasteiger partial charge in [0.1, 0.15) is 6.61 Å². The predicted molar refractivity (Wildman–Crippen MR) is 74.2 cm³/mol. The Balaban J connectivity index is 2.10. The molecule has 0 aliphatic heterocycles. The molecule has 0 atom stereocenters. The number of carboxylic acids is 1. The molecule has 0 bridgehead atoms. The van der Waals surface area contributed by atoms with E-state index in [4.69, 9.17) is 33.0 Å². The molecule has 0 unspecified atom stereocenters. The summed E-state index contributed by atoms with van der Waals surface area (Å²) in [6, 6.07) is 8.40. The first-order valence-corrected chi connectivity index (χ1v) is 6.32. The van der Waals surface area contributed by atoms with E-state index in [0.717, 1.165) is 11.6 Å². The number of carbonyl (C=O) groups is 1. The molecule has 1 N–H and O–H groups in total. The summed E-state index contributed by atoms with van der Waals surface area (Å²) >= 11 is 11.6. The molecule has 0 heterocycles. The molecule has 104 valence electrons. The highest BCUT2D eigenvalue weighted by molar-refractivity contribution is 6.42. The van der Waals surface area contributed by atoms with Crippen molar-refractivity contribution in [3.8, 4) is 5.75 Å². The molecule has 0 aliphatic rings. The Kier molecular flexibility index (Phi) is 4.47. The molecule has 6 heteroatoms. The van der Waals surface area contributed by atoms with Crippen LogP contribution in [0.2, 0.25) is 10.0 Å².